The zero-order valence-electron chi connectivity index (χ0n) is 24.2. The molecule has 0 aliphatic carbocycles. The Bertz CT molecular complexity index is 570. The number of carbonyl (C=O) groups excluding carboxylic acids is 2. The van der Waals surface area contributed by atoms with Gasteiger partial charge in [-0.3, -0.25) is 9.59 Å². The Kier molecular flexibility index (Phi) is 27.7. The van der Waals surface area contributed by atoms with Crippen LogP contribution >= 0.6 is 0 Å². The molecule has 0 aliphatic rings. The van der Waals surface area contributed by atoms with Gasteiger partial charge in [-0.1, -0.05) is 115 Å². The van der Waals surface area contributed by atoms with Gasteiger partial charge in [-0.05, 0) is 44.9 Å². The molecule has 0 saturated heterocycles. The first-order valence-corrected chi connectivity index (χ1v) is 15.4. The molecule has 1 atom stereocenters. The predicted molar refractivity (Wildman–Crippen MR) is 155 cm³/mol. The summed E-state index contributed by atoms with van der Waals surface area (Å²) in [5.41, 5.74) is 0. The van der Waals surface area contributed by atoms with Crippen LogP contribution in [0.4, 0.5) is 0 Å². The first-order chi connectivity index (χ1) is 18.1. The van der Waals surface area contributed by atoms with Crippen molar-refractivity contribution in [2.24, 2.45) is 0 Å². The second-order valence-electron chi connectivity index (χ2n) is 10.2. The van der Waals surface area contributed by atoms with E-state index in [2.05, 4.69) is 38.2 Å². The van der Waals surface area contributed by atoms with Gasteiger partial charge in [0.25, 0.3) is 0 Å². The number of ether oxygens (including phenoxy) is 2. The topological polar surface area (TPSA) is 72.8 Å². The van der Waals surface area contributed by atoms with E-state index in [1.165, 1.54) is 70.6 Å². The van der Waals surface area contributed by atoms with E-state index in [0.717, 1.165) is 51.4 Å². The number of rotatable bonds is 27. The maximum atomic E-state index is 12.0. The van der Waals surface area contributed by atoms with Crippen LogP contribution in [0.2, 0.25) is 0 Å². The number of esters is 2. The van der Waals surface area contributed by atoms with Crippen molar-refractivity contribution < 1.29 is 24.2 Å². The van der Waals surface area contributed by atoms with Crippen molar-refractivity contribution in [3.8, 4) is 0 Å². The molecule has 5 heteroatoms. The highest BCUT2D eigenvalue weighted by Crippen LogP contribution is 2.11. The second-order valence-corrected chi connectivity index (χ2v) is 10.2. The Morgan fingerprint density at radius 3 is 1.65 bits per heavy atom. The maximum absolute atomic E-state index is 12.0. The van der Waals surface area contributed by atoms with E-state index in [1.807, 2.05) is 0 Å². The molecule has 0 rings (SSSR count). The molecule has 0 saturated carbocycles. The van der Waals surface area contributed by atoms with E-state index in [1.54, 1.807) is 0 Å². The van der Waals surface area contributed by atoms with Crippen molar-refractivity contribution in [2.75, 3.05) is 13.2 Å². The van der Waals surface area contributed by atoms with Gasteiger partial charge in [-0.15, -0.1) is 0 Å². The van der Waals surface area contributed by atoms with Crippen LogP contribution in [0.5, 0.6) is 0 Å². The number of hydrogen-bond donors (Lipinski definition) is 1. The number of hydrogen-bond acceptors (Lipinski definition) is 5. The van der Waals surface area contributed by atoms with E-state index in [0.29, 0.717) is 12.8 Å². The highest BCUT2D eigenvalue weighted by Gasteiger charge is 2.16. The van der Waals surface area contributed by atoms with Gasteiger partial charge in [0.15, 0.2) is 6.10 Å². The summed E-state index contributed by atoms with van der Waals surface area (Å²) in [7, 11) is 0. The molecular formula is C32H58O5. The highest BCUT2D eigenvalue weighted by molar-refractivity contribution is 5.70. The number of aliphatic hydroxyl groups excluding tert-OH is 1. The summed E-state index contributed by atoms with van der Waals surface area (Å²) in [6.07, 6.45) is 30.9. The van der Waals surface area contributed by atoms with Crippen LogP contribution in [0.3, 0.4) is 0 Å². The molecule has 216 valence electrons. The Morgan fingerprint density at radius 1 is 0.622 bits per heavy atom. The van der Waals surface area contributed by atoms with Crippen molar-refractivity contribution in [1.29, 1.82) is 0 Å². The van der Waals surface area contributed by atoms with Gasteiger partial charge in [0.1, 0.15) is 6.61 Å². The van der Waals surface area contributed by atoms with Crippen molar-refractivity contribution in [3.05, 3.63) is 24.3 Å². The quantitative estimate of drug-likeness (QED) is 0.0663. The van der Waals surface area contributed by atoms with Gasteiger partial charge in [0.05, 0.1) is 6.61 Å². The number of aliphatic hydroxyl groups is 1. The Hall–Kier alpha value is -1.62. The SMILES string of the molecule is CCCCC/C=C\C/C=C\CCCCCCCC(=O)OC(CO)COC(=O)CCCCCCCCCC. The Morgan fingerprint density at radius 2 is 1.08 bits per heavy atom. The zero-order valence-corrected chi connectivity index (χ0v) is 24.2. The van der Waals surface area contributed by atoms with Gasteiger partial charge >= 0.3 is 11.9 Å². The van der Waals surface area contributed by atoms with Gasteiger partial charge in [0.2, 0.25) is 0 Å². The summed E-state index contributed by atoms with van der Waals surface area (Å²) in [6.45, 7) is 4.04. The summed E-state index contributed by atoms with van der Waals surface area (Å²) in [6, 6.07) is 0. The second kappa shape index (κ2) is 28.9. The van der Waals surface area contributed by atoms with E-state index >= 15 is 0 Å². The Balaban J connectivity index is 3.63. The van der Waals surface area contributed by atoms with E-state index in [-0.39, 0.29) is 25.2 Å². The van der Waals surface area contributed by atoms with Crippen molar-refractivity contribution in [3.63, 3.8) is 0 Å². The van der Waals surface area contributed by atoms with E-state index in [4.69, 9.17) is 9.47 Å². The molecule has 1 N–H and O–H groups in total. The molecule has 0 bridgehead atoms. The molecule has 0 amide bonds. The molecule has 0 radical (unpaired) electrons. The third-order valence-electron chi connectivity index (χ3n) is 6.50. The molecule has 0 aromatic heterocycles. The van der Waals surface area contributed by atoms with Crippen molar-refractivity contribution in [2.45, 2.75) is 155 Å². The third kappa shape index (κ3) is 27.2. The molecule has 37 heavy (non-hydrogen) atoms. The lowest BCUT2D eigenvalue weighted by Crippen LogP contribution is -2.28. The smallest absolute Gasteiger partial charge is 0.306 e. The normalized spacial score (nSPS) is 12.4. The average Bonchev–Trinajstić information content (AvgIpc) is 2.90. The number of allylic oxidation sites excluding steroid dienone is 4. The number of carbonyl (C=O) groups is 2. The molecule has 5 nitrogen and oxygen atoms in total. The Labute approximate surface area is 228 Å². The van der Waals surface area contributed by atoms with Gasteiger partial charge in [-0.25, -0.2) is 0 Å². The molecule has 1 unspecified atom stereocenters. The molecular weight excluding hydrogens is 464 g/mol. The van der Waals surface area contributed by atoms with Crippen molar-refractivity contribution in [1.82, 2.24) is 0 Å². The highest BCUT2D eigenvalue weighted by atomic mass is 16.6. The summed E-state index contributed by atoms with van der Waals surface area (Å²) >= 11 is 0. The fourth-order valence-electron chi connectivity index (χ4n) is 4.11. The minimum atomic E-state index is -0.770. The fourth-order valence-corrected chi connectivity index (χ4v) is 4.11. The van der Waals surface area contributed by atoms with Crippen LogP contribution in [0, 0.1) is 0 Å². The van der Waals surface area contributed by atoms with Crippen LogP contribution < -0.4 is 0 Å². The molecule has 0 heterocycles. The molecule has 0 spiro atoms. The lowest BCUT2D eigenvalue weighted by atomic mass is 10.1. The summed E-state index contributed by atoms with van der Waals surface area (Å²) < 4.78 is 10.5. The molecule has 0 aromatic rings. The monoisotopic (exact) mass is 522 g/mol. The lowest BCUT2D eigenvalue weighted by molar-refractivity contribution is -0.161. The molecule has 0 fully saturated rings. The summed E-state index contributed by atoms with van der Waals surface area (Å²) in [5, 5.41) is 9.45. The van der Waals surface area contributed by atoms with Crippen molar-refractivity contribution >= 4 is 11.9 Å². The minimum absolute atomic E-state index is 0.0692. The van der Waals surface area contributed by atoms with Gasteiger partial charge < -0.3 is 14.6 Å². The van der Waals surface area contributed by atoms with Crippen LogP contribution in [0.25, 0.3) is 0 Å². The molecule has 0 aromatic carbocycles. The van der Waals surface area contributed by atoms with E-state index in [9.17, 15) is 14.7 Å². The first kappa shape index (κ1) is 35.4. The van der Waals surface area contributed by atoms with Crippen LogP contribution in [-0.2, 0) is 19.1 Å². The standard InChI is InChI=1S/C32H58O5/c1-3-5-7-9-11-13-14-15-16-17-18-19-21-23-25-27-32(35)37-30(28-33)29-36-31(34)26-24-22-20-12-10-8-6-4-2/h11,13,15-16,30,33H,3-10,12,14,17-29H2,1-2H3/b13-11-,16-15-. The average molecular weight is 523 g/mol. The van der Waals surface area contributed by atoms with Crippen LogP contribution in [0.15, 0.2) is 24.3 Å². The predicted octanol–water partition coefficient (Wildman–Crippen LogP) is 8.78. The fraction of sp³-hybridized carbons (Fsp3) is 0.812. The summed E-state index contributed by atoms with van der Waals surface area (Å²) in [4.78, 5) is 23.9. The maximum Gasteiger partial charge on any atom is 0.306 e. The minimum Gasteiger partial charge on any atom is -0.462 e. The molecule has 0 aliphatic heterocycles. The van der Waals surface area contributed by atoms with Crippen LogP contribution in [-0.4, -0.2) is 36.4 Å². The van der Waals surface area contributed by atoms with Crippen LogP contribution in [0.1, 0.15) is 149 Å². The van der Waals surface area contributed by atoms with Gasteiger partial charge in [0, 0.05) is 12.8 Å². The van der Waals surface area contributed by atoms with E-state index < -0.39 is 6.10 Å². The van der Waals surface area contributed by atoms with Gasteiger partial charge in [-0.2, -0.15) is 0 Å². The largest absolute Gasteiger partial charge is 0.462 e. The zero-order chi connectivity index (χ0) is 27.2. The summed E-state index contributed by atoms with van der Waals surface area (Å²) in [5.74, 6) is -0.613. The number of unbranched alkanes of at least 4 members (excludes halogenated alkanes) is 15. The third-order valence-corrected chi connectivity index (χ3v) is 6.50. The first-order valence-electron chi connectivity index (χ1n) is 15.4. The lowest BCUT2D eigenvalue weighted by Gasteiger charge is -2.15.